The Kier molecular flexibility index (Phi) is 7.87. The smallest absolute Gasteiger partial charge is 0.258 e. The van der Waals surface area contributed by atoms with Gasteiger partial charge in [-0.3, -0.25) is 9.59 Å². The molecule has 2 amide bonds. The highest BCUT2D eigenvalue weighted by molar-refractivity contribution is 5.88. The van der Waals surface area contributed by atoms with Gasteiger partial charge in [-0.15, -0.1) is 0 Å². The normalized spacial score (nSPS) is 11.6. The molecule has 28 heavy (non-hydrogen) atoms. The van der Waals surface area contributed by atoms with Gasteiger partial charge in [-0.05, 0) is 35.7 Å². The van der Waals surface area contributed by atoms with Crippen LogP contribution < -0.4 is 14.8 Å². The third kappa shape index (κ3) is 6.30. The van der Waals surface area contributed by atoms with E-state index in [0.717, 1.165) is 11.3 Å². The molecule has 1 atom stereocenters. The summed E-state index contributed by atoms with van der Waals surface area (Å²) in [5, 5.41) is 2.80. The average Bonchev–Trinajstić information content (AvgIpc) is 2.71. The molecule has 0 aliphatic heterocycles. The van der Waals surface area contributed by atoms with Crippen molar-refractivity contribution in [3.05, 3.63) is 60.2 Å². The highest BCUT2D eigenvalue weighted by atomic mass is 16.5. The molecular weight excluding hydrogens is 356 g/mol. The van der Waals surface area contributed by atoms with Crippen molar-refractivity contribution < 1.29 is 19.1 Å². The van der Waals surface area contributed by atoms with E-state index in [9.17, 15) is 9.59 Å². The number of ether oxygens (including phenoxy) is 2. The standard InChI is InChI=1S/C22H28N2O4/c1-16(2)21(23-20(25)15-28-19-8-6-5-7-9-19)22(26)24(3)14-17-10-12-18(27-4)13-11-17/h5-13,16,21H,14-15H2,1-4H3,(H,23,25)/t21-/m0/s1. The van der Waals surface area contributed by atoms with Crippen molar-refractivity contribution in [1.82, 2.24) is 10.2 Å². The predicted molar refractivity (Wildman–Crippen MR) is 108 cm³/mol. The van der Waals surface area contributed by atoms with Gasteiger partial charge in [0.15, 0.2) is 6.61 Å². The van der Waals surface area contributed by atoms with E-state index in [0.29, 0.717) is 12.3 Å². The van der Waals surface area contributed by atoms with Crippen molar-refractivity contribution in [2.24, 2.45) is 5.92 Å². The second kappa shape index (κ2) is 10.3. The van der Waals surface area contributed by atoms with Gasteiger partial charge in [-0.2, -0.15) is 0 Å². The fraction of sp³-hybridized carbons (Fsp3) is 0.364. The first-order valence-corrected chi connectivity index (χ1v) is 9.26. The third-order valence-electron chi connectivity index (χ3n) is 4.32. The van der Waals surface area contributed by atoms with Gasteiger partial charge in [0.25, 0.3) is 5.91 Å². The van der Waals surface area contributed by atoms with Gasteiger partial charge < -0.3 is 19.7 Å². The van der Waals surface area contributed by atoms with Gasteiger partial charge in [-0.25, -0.2) is 0 Å². The van der Waals surface area contributed by atoms with Crippen LogP contribution in [0.3, 0.4) is 0 Å². The van der Waals surface area contributed by atoms with Gasteiger partial charge >= 0.3 is 0 Å². The Balaban J connectivity index is 1.93. The molecule has 0 saturated carbocycles. The third-order valence-corrected chi connectivity index (χ3v) is 4.32. The lowest BCUT2D eigenvalue weighted by atomic mass is 10.0. The summed E-state index contributed by atoms with van der Waals surface area (Å²) in [5.74, 6) is 0.865. The van der Waals surface area contributed by atoms with E-state index in [1.54, 1.807) is 31.2 Å². The highest BCUT2D eigenvalue weighted by Gasteiger charge is 2.27. The van der Waals surface area contributed by atoms with E-state index in [-0.39, 0.29) is 24.3 Å². The predicted octanol–water partition coefficient (Wildman–Crippen LogP) is 2.87. The summed E-state index contributed by atoms with van der Waals surface area (Å²) >= 11 is 0. The molecule has 1 N–H and O–H groups in total. The molecule has 0 spiro atoms. The molecule has 6 heteroatoms. The van der Waals surface area contributed by atoms with Crippen LogP contribution in [0.15, 0.2) is 54.6 Å². The Morgan fingerprint density at radius 1 is 1.00 bits per heavy atom. The number of hydrogen-bond donors (Lipinski definition) is 1. The van der Waals surface area contributed by atoms with Crippen LogP contribution in [0, 0.1) is 5.92 Å². The molecular formula is C22H28N2O4. The number of nitrogens with zero attached hydrogens (tertiary/aromatic N) is 1. The fourth-order valence-corrected chi connectivity index (χ4v) is 2.71. The van der Waals surface area contributed by atoms with E-state index >= 15 is 0 Å². The maximum Gasteiger partial charge on any atom is 0.258 e. The molecule has 6 nitrogen and oxygen atoms in total. The van der Waals surface area contributed by atoms with E-state index in [2.05, 4.69) is 5.32 Å². The van der Waals surface area contributed by atoms with E-state index in [1.165, 1.54) is 0 Å². The van der Waals surface area contributed by atoms with E-state index in [1.807, 2.05) is 56.3 Å². The van der Waals surface area contributed by atoms with Crippen molar-refractivity contribution in [2.75, 3.05) is 20.8 Å². The molecule has 0 fully saturated rings. The van der Waals surface area contributed by atoms with Crippen molar-refractivity contribution in [1.29, 1.82) is 0 Å². The van der Waals surface area contributed by atoms with Crippen LogP contribution in [-0.2, 0) is 16.1 Å². The molecule has 2 rings (SSSR count). The van der Waals surface area contributed by atoms with Gasteiger partial charge in [0.2, 0.25) is 5.91 Å². The number of benzene rings is 2. The number of amides is 2. The largest absolute Gasteiger partial charge is 0.497 e. The molecule has 0 aliphatic rings. The quantitative estimate of drug-likeness (QED) is 0.722. The van der Waals surface area contributed by atoms with Crippen LogP contribution >= 0.6 is 0 Å². The summed E-state index contributed by atoms with van der Waals surface area (Å²) in [6.07, 6.45) is 0. The summed E-state index contributed by atoms with van der Waals surface area (Å²) in [4.78, 5) is 26.7. The van der Waals surface area contributed by atoms with Crippen LogP contribution in [0.5, 0.6) is 11.5 Å². The van der Waals surface area contributed by atoms with Crippen molar-refractivity contribution in [3.63, 3.8) is 0 Å². The second-order valence-electron chi connectivity index (χ2n) is 6.93. The van der Waals surface area contributed by atoms with Crippen LogP contribution in [0.2, 0.25) is 0 Å². The Labute approximate surface area is 166 Å². The Hall–Kier alpha value is -3.02. The van der Waals surface area contributed by atoms with Crippen LogP contribution in [0.1, 0.15) is 19.4 Å². The topological polar surface area (TPSA) is 67.9 Å². The average molecular weight is 384 g/mol. The van der Waals surface area contributed by atoms with Crippen LogP contribution in [0.25, 0.3) is 0 Å². The molecule has 0 aromatic heterocycles. The molecule has 0 heterocycles. The van der Waals surface area contributed by atoms with Crippen LogP contribution in [-0.4, -0.2) is 43.5 Å². The maximum absolute atomic E-state index is 12.9. The van der Waals surface area contributed by atoms with Crippen molar-refractivity contribution >= 4 is 11.8 Å². The zero-order valence-corrected chi connectivity index (χ0v) is 16.8. The number of carbonyl (C=O) groups excluding carboxylic acids is 2. The first-order chi connectivity index (χ1) is 13.4. The number of methoxy groups -OCH3 is 1. The summed E-state index contributed by atoms with van der Waals surface area (Å²) in [6.45, 7) is 4.12. The zero-order chi connectivity index (χ0) is 20.5. The molecule has 2 aromatic rings. The van der Waals surface area contributed by atoms with Gasteiger partial charge in [-0.1, -0.05) is 44.2 Å². The van der Waals surface area contributed by atoms with E-state index < -0.39 is 6.04 Å². The molecule has 0 saturated heterocycles. The van der Waals surface area contributed by atoms with Gasteiger partial charge in [0.1, 0.15) is 17.5 Å². The minimum atomic E-state index is -0.616. The van der Waals surface area contributed by atoms with Crippen LogP contribution in [0.4, 0.5) is 0 Å². The molecule has 0 radical (unpaired) electrons. The minimum absolute atomic E-state index is 0.0495. The second-order valence-corrected chi connectivity index (χ2v) is 6.93. The lowest BCUT2D eigenvalue weighted by Gasteiger charge is -2.27. The monoisotopic (exact) mass is 384 g/mol. The Morgan fingerprint density at radius 3 is 2.21 bits per heavy atom. The Bertz CT molecular complexity index is 760. The molecule has 0 unspecified atom stereocenters. The molecule has 2 aromatic carbocycles. The number of para-hydroxylation sites is 1. The fourth-order valence-electron chi connectivity index (χ4n) is 2.71. The molecule has 0 aliphatic carbocycles. The summed E-state index contributed by atoms with van der Waals surface area (Å²) < 4.78 is 10.6. The van der Waals surface area contributed by atoms with E-state index in [4.69, 9.17) is 9.47 Å². The number of hydrogen-bond acceptors (Lipinski definition) is 4. The number of rotatable bonds is 9. The molecule has 0 bridgehead atoms. The highest BCUT2D eigenvalue weighted by Crippen LogP contribution is 2.14. The Morgan fingerprint density at radius 2 is 1.64 bits per heavy atom. The maximum atomic E-state index is 12.9. The first-order valence-electron chi connectivity index (χ1n) is 9.26. The van der Waals surface area contributed by atoms with Gasteiger partial charge in [0.05, 0.1) is 7.11 Å². The first kappa shape index (κ1) is 21.3. The summed E-state index contributed by atoms with van der Waals surface area (Å²) in [6, 6.07) is 16.0. The SMILES string of the molecule is COc1ccc(CN(C)C(=O)[C@@H](NC(=O)COc2ccccc2)C(C)C)cc1. The summed E-state index contributed by atoms with van der Waals surface area (Å²) in [7, 11) is 3.34. The van der Waals surface area contributed by atoms with Gasteiger partial charge in [0, 0.05) is 13.6 Å². The number of carbonyl (C=O) groups is 2. The molecule has 150 valence electrons. The number of nitrogens with one attached hydrogen (secondary N) is 1. The minimum Gasteiger partial charge on any atom is -0.497 e. The number of likely N-dealkylation sites (N-methyl/N-ethyl adjacent to an activating group) is 1. The lowest BCUT2D eigenvalue weighted by molar-refractivity contribution is -0.137. The van der Waals surface area contributed by atoms with Crippen molar-refractivity contribution in [2.45, 2.75) is 26.4 Å². The summed E-state index contributed by atoms with van der Waals surface area (Å²) in [5.41, 5.74) is 0.984. The zero-order valence-electron chi connectivity index (χ0n) is 16.8. The van der Waals surface area contributed by atoms with Crippen molar-refractivity contribution in [3.8, 4) is 11.5 Å². The lowest BCUT2D eigenvalue weighted by Crippen LogP contribution is -2.51.